The molecule has 0 spiro atoms. The van der Waals surface area contributed by atoms with Gasteiger partial charge in [-0.05, 0) is 19.1 Å². The maximum atomic E-state index is 9.19. The van der Waals surface area contributed by atoms with Gasteiger partial charge in [-0.25, -0.2) is 4.68 Å². The fraction of sp³-hybridized carbons (Fsp3) is 0.333. The molecular weight excluding hydrogens is 246 g/mol. The van der Waals surface area contributed by atoms with E-state index < -0.39 is 0 Å². The molecule has 0 saturated carbocycles. The van der Waals surface area contributed by atoms with Gasteiger partial charge in [0.2, 0.25) is 0 Å². The molecule has 5 heteroatoms. The van der Waals surface area contributed by atoms with Gasteiger partial charge in [-0.15, -0.1) is 5.10 Å². The third-order valence-corrected chi connectivity index (χ3v) is 2.94. The lowest BCUT2D eigenvalue weighted by Crippen LogP contribution is -1.96. The molecule has 74 valence electrons. The summed E-state index contributed by atoms with van der Waals surface area (Å²) in [5.41, 5.74) is 2.52. The van der Waals surface area contributed by atoms with E-state index in [2.05, 4.69) is 26.2 Å². The molecule has 0 aliphatic heterocycles. The van der Waals surface area contributed by atoms with Gasteiger partial charge in [0.1, 0.15) is 5.52 Å². The van der Waals surface area contributed by atoms with E-state index in [9.17, 15) is 5.11 Å². The van der Waals surface area contributed by atoms with E-state index in [0.29, 0.717) is 0 Å². The van der Waals surface area contributed by atoms with E-state index in [1.165, 1.54) is 0 Å². The highest BCUT2D eigenvalue weighted by atomic mass is 79.9. The van der Waals surface area contributed by atoms with Crippen LogP contribution in [0.25, 0.3) is 11.0 Å². The molecular formula is C9H10BrN3O. The molecule has 0 unspecified atom stereocenters. The summed E-state index contributed by atoms with van der Waals surface area (Å²) in [6.45, 7) is 2.76. The number of benzene rings is 1. The van der Waals surface area contributed by atoms with Gasteiger partial charge < -0.3 is 5.11 Å². The minimum absolute atomic E-state index is 0.0274. The quantitative estimate of drug-likeness (QED) is 0.889. The third kappa shape index (κ3) is 1.33. The van der Waals surface area contributed by atoms with Gasteiger partial charge in [-0.3, -0.25) is 0 Å². The zero-order valence-electron chi connectivity index (χ0n) is 7.74. The number of fused-ring (bicyclic) bond motifs is 1. The Bertz CT molecular complexity index is 466. The number of aromatic nitrogens is 3. The van der Waals surface area contributed by atoms with Gasteiger partial charge in [-0.2, -0.15) is 0 Å². The van der Waals surface area contributed by atoms with Crippen molar-refractivity contribution in [2.45, 2.75) is 20.1 Å². The van der Waals surface area contributed by atoms with Gasteiger partial charge in [0, 0.05) is 16.6 Å². The molecule has 0 radical (unpaired) electrons. The van der Waals surface area contributed by atoms with Crippen molar-refractivity contribution in [3.05, 3.63) is 22.2 Å². The fourth-order valence-corrected chi connectivity index (χ4v) is 1.90. The number of aliphatic hydroxyl groups excluding tert-OH is 1. The Hall–Kier alpha value is -0.940. The van der Waals surface area contributed by atoms with Crippen LogP contribution in [0.1, 0.15) is 12.5 Å². The van der Waals surface area contributed by atoms with Crippen LogP contribution in [0, 0.1) is 0 Å². The number of nitrogens with zero attached hydrogens (tertiary/aromatic N) is 3. The lowest BCUT2D eigenvalue weighted by Gasteiger charge is -2.01. The molecule has 1 heterocycles. The Morgan fingerprint density at radius 3 is 2.93 bits per heavy atom. The van der Waals surface area contributed by atoms with Crippen LogP contribution in [0.4, 0.5) is 0 Å². The predicted octanol–water partition coefficient (Wildman–Crippen LogP) is 1.71. The number of hydrogen-bond donors (Lipinski definition) is 1. The average molecular weight is 256 g/mol. The summed E-state index contributed by atoms with van der Waals surface area (Å²) in [5, 5.41) is 17.2. The highest BCUT2D eigenvalue weighted by Gasteiger charge is 2.10. The second kappa shape index (κ2) is 3.67. The molecule has 4 nitrogen and oxygen atoms in total. The van der Waals surface area contributed by atoms with Crippen LogP contribution in [0.2, 0.25) is 0 Å². The standard InChI is InChI=1S/C9H10BrN3O/c1-2-13-8-4-3-7(10)6(5-14)9(8)11-12-13/h3-4,14H,2,5H2,1H3. The van der Waals surface area contributed by atoms with Gasteiger partial charge in [-0.1, -0.05) is 21.1 Å². The number of aryl methyl sites for hydroxylation is 1. The van der Waals surface area contributed by atoms with Crippen molar-refractivity contribution >= 4 is 27.0 Å². The largest absolute Gasteiger partial charge is 0.392 e. The van der Waals surface area contributed by atoms with E-state index in [4.69, 9.17) is 0 Å². The molecule has 0 fully saturated rings. The summed E-state index contributed by atoms with van der Waals surface area (Å²) < 4.78 is 2.68. The molecule has 0 atom stereocenters. The molecule has 2 rings (SSSR count). The highest BCUT2D eigenvalue weighted by molar-refractivity contribution is 9.10. The lowest BCUT2D eigenvalue weighted by molar-refractivity contribution is 0.282. The van der Waals surface area contributed by atoms with Crippen LogP contribution in [-0.2, 0) is 13.2 Å². The van der Waals surface area contributed by atoms with Crippen molar-refractivity contribution in [2.24, 2.45) is 0 Å². The van der Waals surface area contributed by atoms with E-state index in [-0.39, 0.29) is 6.61 Å². The van der Waals surface area contributed by atoms with E-state index in [1.807, 2.05) is 19.1 Å². The topological polar surface area (TPSA) is 50.9 Å². The van der Waals surface area contributed by atoms with Crippen LogP contribution >= 0.6 is 15.9 Å². The Morgan fingerprint density at radius 1 is 1.50 bits per heavy atom. The Kier molecular flexibility index (Phi) is 2.52. The fourth-order valence-electron chi connectivity index (χ4n) is 1.45. The summed E-state index contributed by atoms with van der Waals surface area (Å²) in [4.78, 5) is 0. The SMILES string of the molecule is CCn1nnc2c(CO)c(Br)ccc21. The zero-order valence-corrected chi connectivity index (χ0v) is 9.32. The third-order valence-electron chi connectivity index (χ3n) is 2.19. The second-order valence-corrected chi connectivity index (χ2v) is 3.81. The summed E-state index contributed by atoms with van der Waals surface area (Å²) in [6, 6.07) is 3.85. The minimum Gasteiger partial charge on any atom is -0.392 e. The predicted molar refractivity (Wildman–Crippen MR) is 56.8 cm³/mol. The van der Waals surface area contributed by atoms with Crippen molar-refractivity contribution in [1.82, 2.24) is 15.0 Å². The monoisotopic (exact) mass is 255 g/mol. The molecule has 1 N–H and O–H groups in total. The molecule has 0 saturated heterocycles. The van der Waals surface area contributed by atoms with Gasteiger partial charge in [0.15, 0.2) is 0 Å². The van der Waals surface area contributed by atoms with Crippen LogP contribution in [0.3, 0.4) is 0 Å². The molecule has 14 heavy (non-hydrogen) atoms. The lowest BCUT2D eigenvalue weighted by atomic mass is 10.2. The Labute approximate surface area is 89.7 Å². The number of hydrogen-bond acceptors (Lipinski definition) is 3. The number of aliphatic hydroxyl groups is 1. The first-order valence-electron chi connectivity index (χ1n) is 4.39. The highest BCUT2D eigenvalue weighted by Crippen LogP contribution is 2.24. The van der Waals surface area contributed by atoms with Crippen molar-refractivity contribution < 1.29 is 5.11 Å². The van der Waals surface area contributed by atoms with Gasteiger partial charge in [0.05, 0.1) is 12.1 Å². The second-order valence-electron chi connectivity index (χ2n) is 2.96. The molecule has 0 aliphatic carbocycles. The first-order valence-corrected chi connectivity index (χ1v) is 5.18. The van der Waals surface area contributed by atoms with Crippen molar-refractivity contribution in [3.8, 4) is 0 Å². The number of halogens is 1. The van der Waals surface area contributed by atoms with Crippen LogP contribution in [-0.4, -0.2) is 20.1 Å². The van der Waals surface area contributed by atoms with Crippen molar-refractivity contribution in [3.63, 3.8) is 0 Å². The molecule has 2 aromatic rings. The summed E-state index contributed by atoms with van der Waals surface area (Å²) >= 11 is 3.37. The van der Waals surface area contributed by atoms with Crippen LogP contribution < -0.4 is 0 Å². The van der Waals surface area contributed by atoms with E-state index >= 15 is 0 Å². The van der Waals surface area contributed by atoms with E-state index in [0.717, 1.165) is 27.6 Å². The smallest absolute Gasteiger partial charge is 0.119 e. The maximum absolute atomic E-state index is 9.19. The van der Waals surface area contributed by atoms with Crippen molar-refractivity contribution in [1.29, 1.82) is 0 Å². The van der Waals surface area contributed by atoms with Crippen LogP contribution in [0.5, 0.6) is 0 Å². The molecule has 0 amide bonds. The maximum Gasteiger partial charge on any atom is 0.119 e. The average Bonchev–Trinajstić information content (AvgIpc) is 2.60. The first-order chi connectivity index (χ1) is 6.77. The van der Waals surface area contributed by atoms with Gasteiger partial charge in [0.25, 0.3) is 0 Å². The molecule has 1 aromatic carbocycles. The molecule has 0 aliphatic rings. The Balaban J connectivity index is 2.76. The minimum atomic E-state index is -0.0274. The van der Waals surface area contributed by atoms with E-state index in [1.54, 1.807) is 4.68 Å². The van der Waals surface area contributed by atoms with Crippen LogP contribution in [0.15, 0.2) is 16.6 Å². The van der Waals surface area contributed by atoms with Crippen molar-refractivity contribution in [2.75, 3.05) is 0 Å². The Morgan fingerprint density at radius 2 is 2.29 bits per heavy atom. The normalized spacial score (nSPS) is 11.1. The molecule has 0 bridgehead atoms. The summed E-state index contributed by atoms with van der Waals surface area (Å²) in [6.07, 6.45) is 0. The van der Waals surface area contributed by atoms with Gasteiger partial charge >= 0.3 is 0 Å². The zero-order chi connectivity index (χ0) is 10.1. The summed E-state index contributed by atoms with van der Waals surface area (Å²) in [7, 11) is 0. The molecule has 1 aromatic heterocycles. The summed E-state index contributed by atoms with van der Waals surface area (Å²) in [5.74, 6) is 0. The first kappa shape index (κ1) is 9.61. The number of rotatable bonds is 2.